The summed E-state index contributed by atoms with van der Waals surface area (Å²) in [7, 11) is 0. The number of hydrogen-bond donors (Lipinski definition) is 0. The zero-order chi connectivity index (χ0) is 30.6. The Morgan fingerprint density at radius 1 is 0.975 bits per heavy atom. The lowest BCUT2D eigenvalue weighted by Gasteiger charge is -2.41. The minimum atomic E-state index is 0.625. The summed E-state index contributed by atoms with van der Waals surface area (Å²) in [6, 6.07) is 10.8. The van der Waals surface area contributed by atoms with E-state index in [9.17, 15) is 0 Å². The first-order valence-corrected chi connectivity index (χ1v) is 15.3. The Bertz CT molecular complexity index is 1270. The second-order valence-electron chi connectivity index (χ2n) is 12.1. The second kappa shape index (κ2) is 17.1. The largest absolute Gasteiger partial charge is 0.103 e. The molecule has 1 aliphatic carbocycles. The predicted molar refractivity (Wildman–Crippen MR) is 184 cm³/mol. The molecule has 1 saturated carbocycles. The molecule has 0 radical (unpaired) electrons. The van der Waals surface area contributed by atoms with Gasteiger partial charge in [0.05, 0.1) is 0 Å². The molecule has 0 nitrogen and oxygen atoms in total. The van der Waals surface area contributed by atoms with Gasteiger partial charge in [-0.15, -0.1) is 13.2 Å². The van der Waals surface area contributed by atoms with Crippen LogP contribution in [0.1, 0.15) is 102 Å². The first-order valence-electron chi connectivity index (χ1n) is 15.3. The van der Waals surface area contributed by atoms with Crippen molar-refractivity contribution in [3.63, 3.8) is 0 Å². The molecule has 2 aromatic rings. The zero-order valence-electron chi connectivity index (χ0n) is 27.6. The molecule has 0 aliphatic heterocycles. The van der Waals surface area contributed by atoms with E-state index in [-0.39, 0.29) is 0 Å². The maximum atomic E-state index is 4.42. The van der Waals surface area contributed by atoms with Gasteiger partial charge in [-0.05, 0) is 128 Å². The minimum absolute atomic E-state index is 0.625. The van der Waals surface area contributed by atoms with Crippen molar-refractivity contribution in [2.45, 2.75) is 94.9 Å². The van der Waals surface area contributed by atoms with E-state index in [0.29, 0.717) is 5.92 Å². The predicted octanol–water partition coefficient (Wildman–Crippen LogP) is 10.5. The quantitative estimate of drug-likeness (QED) is 0.293. The number of aryl methyl sites for hydroxylation is 2. The molecule has 3 rings (SSSR count). The highest BCUT2D eigenvalue weighted by Gasteiger charge is 2.33. The van der Waals surface area contributed by atoms with Crippen LogP contribution in [-0.2, 0) is 6.42 Å². The third-order valence-corrected chi connectivity index (χ3v) is 8.46. The molecule has 0 heterocycles. The molecule has 0 aromatic heterocycles. The number of hydrogen-bond acceptors (Lipinski definition) is 0. The monoisotopic (exact) mass is 538 g/mol. The Balaban J connectivity index is 0.000000365. The van der Waals surface area contributed by atoms with E-state index < -0.39 is 0 Å². The van der Waals surface area contributed by atoms with E-state index in [0.717, 1.165) is 41.4 Å². The SMILES string of the molecule is C=C(c1cccc(C)c1CC)c1ccc(C)c(=C)c1=C(C)C.C=CC(C)CC=C(C)C.C=CC1CC(C)C1CC. The molecule has 0 N–H and O–H groups in total. The Kier molecular flexibility index (Phi) is 15.0. The van der Waals surface area contributed by atoms with Crippen molar-refractivity contribution in [1.29, 1.82) is 0 Å². The Morgan fingerprint density at radius 3 is 2.08 bits per heavy atom. The topological polar surface area (TPSA) is 0 Å². The summed E-state index contributed by atoms with van der Waals surface area (Å²) in [5, 5.41) is 2.36. The average molecular weight is 539 g/mol. The lowest BCUT2D eigenvalue weighted by molar-refractivity contribution is 0.121. The van der Waals surface area contributed by atoms with Crippen LogP contribution in [0.4, 0.5) is 0 Å². The van der Waals surface area contributed by atoms with Crippen LogP contribution >= 0.6 is 0 Å². The van der Waals surface area contributed by atoms with Gasteiger partial charge in [-0.25, -0.2) is 0 Å². The lowest BCUT2D eigenvalue weighted by Crippen LogP contribution is -2.32. The second-order valence-corrected chi connectivity index (χ2v) is 12.1. The molecule has 0 saturated heterocycles. The van der Waals surface area contributed by atoms with Crippen molar-refractivity contribution < 1.29 is 0 Å². The summed E-state index contributed by atoms with van der Waals surface area (Å²) < 4.78 is 0. The van der Waals surface area contributed by atoms with E-state index in [4.69, 9.17) is 0 Å². The van der Waals surface area contributed by atoms with Gasteiger partial charge in [-0.3, -0.25) is 0 Å². The molecule has 4 unspecified atom stereocenters. The van der Waals surface area contributed by atoms with Crippen molar-refractivity contribution in [1.82, 2.24) is 0 Å². The highest BCUT2D eigenvalue weighted by molar-refractivity contribution is 5.81. The van der Waals surface area contributed by atoms with E-state index in [1.165, 1.54) is 57.0 Å². The van der Waals surface area contributed by atoms with Crippen LogP contribution in [0.3, 0.4) is 0 Å². The van der Waals surface area contributed by atoms with Gasteiger partial charge in [0.2, 0.25) is 0 Å². The molecular weight excluding hydrogens is 480 g/mol. The van der Waals surface area contributed by atoms with Gasteiger partial charge < -0.3 is 0 Å². The van der Waals surface area contributed by atoms with Gasteiger partial charge in [0.25, 0.3) is 0 Å². The highest BCUT2D eigenvalue weighted by Crippen LogP contribution is 2.42. The van der Waals surface area contributed by atoms with Crippen molar-refractivity contribution >= 4 is 17.7 Å². The fourth-order valence-electron chi connectivity index (χ4n) is 5.67. The van der Waals surface area contributed by atoms with E-state index >= 15 is 0 Å². The van der Waals surface area contributed by atoms with E-state index in [1.54, 1.807) is 0 Å². The Labute approximate surface area is 248 Å². The lowest BCUT2D eigenvalue weighted by atomic mass is 9.65. The van der Waals surface area contributed by atoms with Crippen molar-refractivity contribution in [2.24, 2.45) is 23.7 Å². The fraction of sp³-hybridized carbons (Fsp3) is 0.450. The minimum Gasteiger partial charge on any atom is -0.103 e. The Hall–Kier alpha value is -2.86. The van der Waals surface area contributed by atoms with E-state index in [2.05, 4.69) is 138 Å². The first kappa shape index (κ1) is 35.2. The maximum Gasteiger partial charge on any atom is -0.0106 e. The van der Waals surface area contributed by atoms with Crippen LogP contribution in [0, 0.1) is 37.5 Å². The van der Waals surface area contributed by atoms with E-state index in [1.807, 2.05) is 6.08 Å². The van der Waals surface area contributed by atoms with Crippen LogP contribution in [0.25, 0.3) is 17.7 Å². The molecule has 1 aliphatic rings. The highest BCUT2D eigenvalue weighted by atomic mass is 14.4. The molecule has 218 valence electrons. The third kappa shape index (κ3) is 9.65. The zero-order valence-corrected chi connectivity index (χ0v) is 27.6. The standard InChI is InChI=1S/C22H26.2C9H16/c1-8-19-16(5)10-9-11-20(19)18(7)21-13-12-15(4)17(6)22(21)14(2)3;1-4-8-6-7(3)9(8)5-2;1-5-9(4)7-6-8(2)3/h9-13H,6-8H2,1-5H3;4,7-9H,1,5-6H2,2-3H3;5-6,9H,1,7H2,2-4H3. The number of allylic oxidation sites excluding steroid dienone is 4. The summed E-state index contributed by atoms with van der Waals surface area (Å²) in [5.41, 5.74) is 10.2. The van der Waals surface area contributed by atoms with Crippen LogP contribution in [0.15, 0.2) is 73.9 Å². The summed E-state index contributed by atoms with van der Waals surface area (Å²) in [6.07, 6.45) is 11.2. The van der Waals surface area contributed by atoms with Gasteiger partial charge in [-0.1, -0.05) is 107 Å². The van der Waals surface area contributed by atoms with Gasteiger partial charge >= 0.3 is 0 Å². The normalized spacial score (nSPS) is 18.0. The first-order chi connectivity index (χ1) is 18.8. The van der Waals surface area contributed by atoms with Crippen LogP contribution in [-0.4, -0.2) is 0 Å². The summed E-state index contributed by atoms with van der Waals surface area (Å²) in [4.78, 5) is 0. The van der Waals surface area contributed by atoms with Crippen LogP contribution < -0.4 is 10.4 Å². The molecule has 0 spiro atoms. The van der Waals surface area contributed by atoms with Gasteiger partial charge in [-0.2, -0.15) is 0 Å². The summed E-state index contributed by atoms with van der Waals surface area (Å²) in [6.45, 7) is 38.0. The third-order valence-electron chi connectivity index (χ3n) is 8.46. The average Bonchev–Trinajstić information content (AvgIpc) is 2.91. The maximum absolute atomic E-state index is 4.42. The van der Waals surface area contributed by atoms with Gasteiger partial charge in [0.1, 0.15) is 0 Å². The molecular formula is C40H58. The summed E-state index contributed by atoms with van der Waals surface area (Å²) in [5.74, 6) is 3.37. The molecule has 0 heteroatoms. The summed E-state index contributed by atoms with van der Waals surface area (Å²) >= 11 is 0. The molecule has 0 amide bonds. The molecule has 0 bridgehead atoms. The van der Waals surface area contributed by atoms with Gasteiger partial charge in [0, 0.05) is 0 Å². The number of benzene rings is 2. The van der Waals surface area contributed by atoms with Crippen molar-refractivity contribution in [3.05, 3.63) is 112 Å². The molecule has 40 heavy (non-hydrogen) atoms. The molecule has 4 atom stereocenters. The Morgan fingerprint density at radius 2 is 1.62 bits per heavy atom. The van der Waals surface area contributed by atoms with Crippen molar-refractivity contribution in [2.75, 3.05) is 0 Å². The molecule has 2 aromatic carbocycles. The van der Waals surface area contributed by atoms with Gasteiger partial charge in [0.15, 0.2) is 0 Å². The van der Waals surface area contributed by atoms with Crippen molar-refractivity contribution in [3.8, 4) is 0 Å². The smallest absolute Gasteiger partial charge is 0.0106 e. The van der Waals surface area contributed by atoms with Crippen LogP contribution in [0.2, 0.25) is 0 Å². The fourth-order valence-corrected chi connectivity index (χ4v) is 5.67. The number of rotatable bonds is 8. The molecule has 1 fully saturated rings. The van der Waals surface area contributed by atoms with Crippen LogP contribution in [0.5, 0.6) is 0 Å².